The van der Waals surface area contributed by atoms with E-state index in [2.05, 4.69) is 21.9 Å². The molecule has 8 nitrogen and oxygen atoms in total. The van der Waals surface area contributed by atoms with E-state index in [1.54, 1.807) is 24.3 Å². The molecule has 1 N–H and O–H groups in total. The van der Waals surface area contributed by atoms with Gasteiger partial charge < -0.3 is 19.3 Å². The molecule has 1 heterocycles. The lowest BCUT2D eigenvalue weighted by Crippen LogP contribution is -2.06. The van der Waals surface area contributed by atoms with E-state index in [9.17, 15) is 9.90 Å². The molecule has 0 spiro atoms. The van der Waals surface area contributed by atoms with E-state index in [4.69, 9.17) is 14.2 Å². The highest BCUT2D eigenvalue weighted by atomic mass is 16.5. The van der Waals surface area contributed by atoms with E-state index in [0.29, 0.717) is 11.4 Å². The first kappa shape index (κ1) is 21.8. The van der Waals surface area contributed by atoms with Crippen LogP contribution >= 0.6 is 0 Å². The summed E-state index contributed by atoms with van der Waals surface area (Å²) in [6, 6.07) is 14.5. The number of nitrogens with zero attached hydrogens (tertiary/aromatic N) is 3. The maximum absolute atomic E-state index is 11.6. The molecule has 8 heteroatoms. The Morgan fingerprint density at radius 2 is 1.81 bits per heavy atom. The first-order chi connectivity index (χ1) is 15.1. The van der Waals surface area contributed by atoms with Crippen LogP contribution in [0.4, 0.5) is 0 Å². The van der Waals surface area contributed by atoms with E-state index in [0.717, 1.165) is 30.4 Å². The number of rotatable bonds is 10. The van der Waals surface area contributed by atoms with Crippen LogP contribution in [0.5, 0.6) is 17.5 Å². The fourth-order valence-corrected chi connectivity index (χ4v) is 2.92. The molecule has 160 valence electrons. The Bertz CT molecular complexity index is 1070. The smallest absolute Gasteiger partial charge is 0.339 e. The lowest BCUT2D eigenvalue weighted by molar-refractivity contribution is -0.130. The lowest BCUT2D eigenvalue weighted by Gasteiger charge is -2.12. The van der Waals surface area contributed by atoms with E-state index >= 15 is 0 Å². The van der Waals surface area contributed by atoms with Crippen LogP contribution in [0, 0.1) is 0 Å². The van der Waals surface area contributed by atoms with Crippen molar-refractivity contribution in [3.63, 3.8) is 0 Å². The van der Waals surface area contributed by atoms with E-state index < -0.39 is 5.97 Å². The molecule has 0 unspecified atom stereocenters. The Kier molecular flexibility index (Phi) is 7.53. The molecule has 0 aliphatic rings. The largest absolute Gasteiger partial charge is 0.503 e. The minimum Gasteiger partial charge on any atom is -0.503 e. The van der Waals surface area contributed by atoms with Crippen molar-refractivity contribution in [2.24, 2.45) is 0 Å². The predicted octanol–water partition coefficient (Wildman–Crippen LogP) is 4.27. The highest BCUT2D eigenvalue weighted by Gasteiger charge is 2.17. The molecule has 0 fully saturated rings. The number of hydrogen-bond donors (Lipinski definition) is 1. The van der Waals surface area contributed by atoms with Gasteiger partial charge in [-0.15, -0.1) is 0 Å². The Hall–Kier alpha value is -3.94. The van der Waals surface area contributed by atoms with Crippen molar-refractivity contribution in [2.75, 3.05) is 7.11 Å². The fraction of sp³-hybridized carbons (Fsp3) is 0.217. The number of methoxy groups -OCH3 is 1. The van der Waals surface area contributed by atoms with Gasteiger partial charge in [-0.2, -0.15) is 9.97 Å². The summed E-state index contributed by atoms with van der Waals surface area (Å²) in [6.45, 7) is 2.26. The number of ether oxygens (including phenoxy) is 3. The van der Waals surface area contributed by atoms with Crippen LogP contribution in [-0.2, 0) is 22.6 Å². The second-order valence-electron chi connectivity index (χ2n) is 6.50. The normalized spacial score (nSPS) is 11.1. The van der Waals surface area contributed by atoms with Gasteiger partial charge in [0.15, 0.2) is 5.82 Å². The quantitative estimate of drug-likeness (QED) is 0.382. The number of para-hydroxylation sites is 2. The molecule has 3 aromatic rings. The standard InChI is InChI=1S/C23H23N3O5/c1-3-8-16-9-4-6-11-19(16)30-14-21-24-15-25-23(26-21)31-20-12-7-5-10-17(20)18(13-29-2)22(27)28/h4-7,9-13,15H,3,8,14H2,1-2H3,(H,27,28)/b18-13+. The molecule has 1 aromatic heterocycles. The molecular formula is C23H23N3O5. The molecule has 0 atom stereocenters. The summed E-state index contributed by atoms with van der Waals surface area (Å²) in [5.74, 6) is 0.306. The average molecular weight is 421 g/mol. The second kappa shape index (κ2) is 10.7. The van der Waals surface area contributed by atoms with Gasteiger partial charge in [0.2, 0.25) is 0 Å². The predicted molar refractivity (Wildman–Crippen MR) is 114 cm³/mol. The van der Waals surface area contributed by atoms with Crippen LogP contribution in [0.1, 0.15) is 30.3 Å². The number of carbonyl (C=O) groups is 1. The average Bonchev–Trinajstić information content (AvgIpc) is 2.78. The molecule has 2 aromatic carbocycles. The minimum absolute atomic E-state index is 0.0325. The molecule has 0 amide bonds. The van der Waals surface area contributed by atoms with E-state index in [-0.39, 0.29) is 23.9 Å². The first-order valence-corrected chi connectivity index (χ1v) is 9.74. The fourth-order valence-electron chi connectivity index (χ4n) is 2.92. The highest BCUT2D eigenvalue weighted by molar-refractivity contribution is 6.15. The molecule has 0 saturated heterocycles. The van der Waals surface area contributed by atoms with Gasteiger partial charge in [0.25, 0.3) is 0 Å². The minimum atomic E-state index is -1.15. The highest BCUT2D eigenvalue weighted by Crippen LogP contribution is 2.29. The van der Waals surface area contributed by atoms with Crippen molar-refractivity contribution in [3.8, 4) is 17.5 Å². The van der Waals surface area contributed by atoms with E-state index in [1.165, 1.54) is 13.4 Å². The van der Waals surface area contributed by atoms with Crippen LogP contribution in [0.3, 0.4) is 0 Å². The van der Waals surface area contributed by atoms with Gasteiger partial charge in [-0.25, -0.2) is 9.78 Å². The monoisotopic (exact) mass is 421 g/mol. The number of benzene rings is 2. The molecule has 0 saturated carbocycles. The topological polar surface area (TPSA) is 104 Å². The second-order valence-corrected chi connectivity index (χ2v) is 6.50. The van der Waals surface area contributed by atoms with Gasteiger partial charge >= 0.3 is 12.0 Å². The molecule has 31 heavy (non-hydrogen) atoms. The lowest BCUT2D eigenvalue weighted by atomic mass is 10.1. The van der Waals surface area contributed by atoms with Gasteiger partial charge in [0.1, 0.15) is 30.0 Å². The Morgan fingerprint density at radius 3 is 2.55 bits per heavy atom. The number of carboxylic acid groups (broad SMARTS) is 1. The summed E-state index contributed by atoms with van der Waals surface area (Å²) in [5, 5.41) is 9.47. The molecule has 3 rings (SSSR count). The third kappa shape index (κ3) is 5.79. The SMILES string of the molecule is CCCc1ccccc1OCc1ncnc(Oc2ccccc2/C(=C\OC)C(=O)O)n1. The van der Waals surface area contributed by atoms with Crippen LogP contribution in [-0.4, -0.2) is 33.1 Å². The third-order valence-electron chi connectivity index (χ3n) is 4.29. The summed E-state index contributed by atoms with van der Waals surface area (Å²) >= 11 is 0. The number of carboxylic acids is 1. The zero-order valence-corrected chi connectivity index (χ0v) is 17.3. The van der Waals surface area contributed by atoms with Crippen LogP contribution in [0.2, 0.25) is 0 Å². The number of aryl methyl sites for hydroxylation is 1. The molecule has 0 aliphatic heterocycles. The number of aliphatic carboxylic acids is 1. The summed E-state index contributed by atoms with van der Waals surface area (Å²) in [5.41, 5.74) is 1.40. The van der Waals surface area contributed by atoms with Crippen LogP contribution < -0.4 is 9.47 Å². The summed E-state index contributed by atoms with van der Waals surface area (Å²) in [7, 11) is 1.38. The zero-order valence-electron chi connectivity index (χ0n) is 17.3. The third-order valence-corrected chi connectivity index (χ3v) is 4.29. The molecule has 0 aliphatic carbocycles. The Balaban J connectivity index is 1.78. The molecule has 0 bridgehead atoms. The number of aromatic nitrogens is 3. The van der Waals surface area contributed by atoms with Crippen LogP contribution in [0.15, 0.2) is 61.1 Å². The van der Waals surface area contributed by atoms with Crippen molar-refractivity contribution in [1.82, 2.24) is 15.0 Å². The summed E-state index contributed by atoms with van der Waals surface area (Å²) in [6.07, 6.45) is 4.40. The zero-order chi connectivity index (χ0) is 22.1. The van der Waals surface area contributed by atoms with Crippen molar-refractivity contribution in [1.29, 1.82) is 0 Å². The van der Waals surface area contributed by atoms with Crippen molar-refractivity contribution >= 4 is 11.5 Å². The van der Waals surface area contributed by atoms with Gasteiger partial charge in [-0.1, -0.05) is 49.7 Å². The summed E-state index contributed by atoms with van der Waals surface area (Å²) in [4.78, 5) is 24.0. The Morgan fingerprint density at radius 1 is 1.06 bits per heavy atom. The van der Waals surface area contributed by atoms with Gasteiger partial charge in [0, 0.05) is 5.56 Å². The van der Waals surface area contributed by atoms with E-state index in [1.807, 2.05) is 24.3 Å². The van der Waals surface area contributed by atoms with Gasteiger partial charge in [-0.05, 0) is 24.1 Å². The summed E-state index contributed by atoms with van der Waals surface area (Å²) < 4.78 is 16.5. The maximum Gasteiger partial charge on any atom is 0.339 e. The van der Waals surface area contributed by atoms with Crippen LogP contribution in [0.25, 0.3) is 5.57 Å². The maximum atomic E-state index is 11.6. The molecule has 0 radical (unpaired) electrons. The molecular weight excluding hydrogens is 398 g/mol. The first-order valence-electron chi connectivity index (χ1n) is 9.74. The Labute approximate surface area is 180 Å². The van der Waals surface area contributed by atoms with Gasteiger partial charge in [0.05, 0.1) is 13.4 Å². The van der Waals surface area contributed by atoms with Crippen molar-refractivity contribution < 1.29 is 24.1 Å². The van der Waals surface area contributed by atoms with Crippen molar-refractivity contribution in [3.05, 3.63) is 78.1 Å². The van der Waals surface area contributed by atoms with Gasteiger partial charge in [-0.3, -0.25) is 0 Å². The van der Waals surface area contributed by atoms with Crippen molar-refractivity contribution in [2.45, 2.75) is 26.4 Å². The number of hydrogen-bond acceptors (Lipinski definition) is 7.